The summed E-state index contributed by atoms with van der Waals surface area (Å²) in [6.45, 7) is 8.28. The first-order chi connectivity index (χ1) is 9.76. The monoisotopic (exact) mass is 295 g/mol. The van der Waals surface area contributed by atoms with Gasteiger partial charge >= 0.3 is 0 Å². The van der Waals surface area contributed by atoms with Crippen LogP contribution < -0.4 is 4.90 Å². The molecular formula is C15H25N3OS. The highest BCUT2D eigenvalue weighted by atomic mass is 32.1. The van der Waals surface area contributed by atoms with Crippen molar-refractivity contribution < 1.29 is 5.11 Å². The fourth-order valence-electron chi connectivity index (χ4n) is 3.33. The Bertz CT molecular complexity index is 434. The van der Waals surface area contributed by atoms with Crippen LogP contribution in [0.5, 0.6) is 0 Å². The molecule has 0 spiro atoms. The van der Waals surface area contributed by atoms with Crippen molar-refractivity contribution in [3.63, 3.8) is 0 Å². The maximum Gasteiger partial charge on any atom is 0.185 e. The Morgan fingerprint density at radius 3 is 2.50 bits per heavy atom. The Morgan fingerprint density at radius 1 is 1.20 bits per heavy atom. The van der Waals surface area contributed by atoms with Crippen LogP contribution in [0, 0.1) is 12.8 Å². The molecule has 3 rings (SSSR count). The summed E-state index contributed by atoms with van der Waals surface area (Å²) in [6.07, 6.45) is 5.34. The van der Waals surface area contributed by atoms with Gasteiger partial charge < -0.3 is 14.9 Å². The molecule has 0 aromatic carbocycles. The third-order valence-electron chi connectivity index (χ3n) is 4.63. The van der Waals surface area contributed by atoms with Crippen molar-refractivity contribution in [1.82, 2.24) is 9.88 Å². The number of aryl methyl sites for hydroxylation is 1. The molecule has 1 aromatic rings. The molecule has 0 amide bonds. The van der Waals surface area contributed by atoms with Crippen LogP contribution in [0.4, 0.5) is 5.13 Å². The molecule has 3 heterocycles. The molecule has 1 N–H and O–H groups in total. The van der Waals surface area contributed by atoms with Gasteiger partial charge in [-0.3, -0.25) is 0 Å². The van der Waals surface area contributed by atoms with E-state index in [2.05, 4.69) is 14.8 Å². The number of thiazole rings is 1. The Hall–Kier alpha value is -0.650. The van der Waals surface area contributed by atoms with Crippen molar-refractivity contribution in [1.29, 1.82) is 0 Å². The first kappa shape index (κ1) is 14.3. The number of aliphatic hydroxyl groups excluding tert-OH is 1. The summed E-state index contributed by atoms with van der Waals surface area (Å²) in [6, 6.07) is 0. The van der Waals surface area contributed by atoms with Gasteiger partial charge in [-0.25, -0.2) is 4.98 Å². The van der Waals surface area contributed by atoms with Gasteiger partial charge in [-0.1, -0.05) is 11.3 Å². The number of rotatable bonds is 4. The van der Waals surface area contributed by atoms with Gasteiger partial charge in [-0.05, 0) is 51.6 Å². The van der Waals surface area contributed by atoms with Crippen molar-refractivity contribution in [2.45, 2.75) is 39.2 Å². The number of piperidine rings is 1. The van der Waals surface area contributed by atoms with Gasteiger partial charge in [-0.15, -0.1) is 0 Å². The number of aliphatic hydroxyl groups is 1. The fraction of sp³-hybridized carbons (Fsp3) is 0.800. The summed E-state index contributed by atoms with van der Waals surface area (Å²) >= 11 is 1.65. The van der Waals surface area contributed by atoms with Gasteiger partial charge in [0.25, 0.3) is 0 Å². The SMILES string of the molecule is Cc1nc(N2CCC(CN3CCCC3)CC2)sc1CO. The molecular weight excluding hydrogens is 270 g/mol. The van der Waals surface area contributed by atoms with Crippen molar-refractivity contribution in [2.24, 2.45) is 5.92 Å². The molecule has 0 radical (unpaired) electrons. The molecule has 0 aliphatic carbocycles. The second-order valence-electron chi connectivity index (χ2n) is 6.10. The predicted octanol–water partition coefficient (Wildman–Crippen LogP) is 2.26. The number of likely N-dealkylation sites (tertiary alicyclic amines) is 1. The van der Waals surface area contributed by atoms with E-state index >= 15 is 0 Å². The third kappa shape index (κ3) is 3.15. The zero-order valence-electron chi connectivity index (χ0n) is 12.3. The number of hydrogen-bond acceptors (Lipinski definition) is 5. The quantitative estimate of drug-likeness (QED) is 0.925. The topological polar surface area (TPSA) is 39.6 Å². The van der Waals surface area contributed by atoms with Crippen LogP contribution in [0.15, 0.2) is 0 Å². The highest BCUT2D eigenvalue weighted by Crippen LogP contribution is 2.30. The molecule has 1 aromatic heterocycles. The predicted molar refractivity (Wildman–Crippen MR) is 83.4 cm³/mol. The van der Waals surface area contributed by atoms with Crippen LogP contribution in [-0.4, -0.2) is 47.7 Å². The molecule has 4 nitrogen and oxygen atoms in total. The van der Waals surface area contributed by atoms with Gasteiger partial charge in [0.1, 0.15) is 0 Å². The number of anilines is 1. The summed E-state index contributed by atoms with van der Waals surface area (Å²) in [5, 5.41) is 10.4. The van der Waals surface area contributed by atoms with Crippen molar-refractivity contribution >= 4 is 16.5 Å². The highest BCUT2D eigenvalue weighted by Gasteiger charge is 2.24. The molecule has 20 heavy (non-hydrogen) atoms. The Morgan fingerprint density at radius 2 is 1.90 bits per heavy atom. The number of nitrogens with zero attached hydrogens (tertiary/aromatic N) is 3. The van der Waals surface area contributed by atoms with Gasteiger partial charge in [-0.2, -0.15) is 0 Å². The Kier molecular flexibility index (Phi) is 4.58. The van der Waals surface area contributed by atoms with Crippen molar-refractivity contribution in [3.8, 4) is 0 Å². The lowest BCUT2D eigenvalue weighted by Gasteiger charge is -2.33. The van der Waals surface area contributed by atoms with E-state index in [4.69, 9.17) is 0 Å². The van der Waals surface area contributed by atoms with E-state index in [1.165, 1.54) is 45.3 Å². The molecule has 0 atom stereocenters. The standard InChI is InChI=1S/C15H25N3OS/c1-12-14(11-19)20-15(16-12)18-8-4-13(5-9-18)10-17-6-2-3-7-17/h13,19H,2-11H2,1H3. The van der Waals surface area contributed by atoms with Gasteiger partial charge in [0, 0.05) is 19.6 Å². The van der Waals surface area contributed by atoms with Crippen LogP contribution >= 0.6 is 11.3 Å². The second-order valence-corrected chi connectivity index (χ2v) is 7.16. The number of aromatic nitrogens is 1. The lowest BCUT2D eigenvalue weighted by atomic mass is 9.96. The molecule has 0 bridgehead atoms. The van der Waals surface area contributed by atoms with Gasteiger partial charge in [0.2, 0.25) is 0 Å². The summed E-state index contributed by atoms with van der Waals surface area (Å²) < 4.78 is 0. The first-order valence-electron chi connectivity index (χ1n) is 7.80. The zero-order valence-corrected chi connectivity index (χ0v) is 13.2. The van der Waals surface area contributed by atoms with E-state index in [9.17, 15) is 5.11 Å². The Labute approximate surface area is 125 Å². The minimum Gasteiger partial charge on any atom is -0.391 e. The largest absolute Gasteiger partial charge is 0.391 e. The first-order valence-corrected chi connectivity index (χ1v) is 8.62. The van der Waals surface area contributed by atoms with E-state index in [-0.39, 0.29) is 6.61 Å². The number of hydrogen-bond donors (Lipinski definition) is 1. The molecule has 112 valence electrons. The van der Waals surface area contributed by atoms with Gasteiger partial charge in [0.15, 0.2) is 5.13 Å². The molecule has 2 saturated heterocycles. The lowest BCUT2D eigenvalue weighted by molar-refractivity contribution is 0.249. The Balaban J connectivity index is 1.52. The zero-order chi connectivity index (χ0) is 13.9. The van der Waals surface area contributed by atoms with E-state index in [1.54, 1.807) is 11.3 Å². The van der Waals surface area contributed by atoms with Crippen LogP contribution in [0.3, 0.4) is 0 Å². The van der Waals surface area contributed by atoms with Crippen LogP contribution in [0.2, 0.25) is 0 Å². The smallest absolute Gasteiger partial charge is 0.185 e. The summed E-state index contributed by atoms with van der Waals surface area (Å²) in [4.78, 5) is 10.7. The average molecular weight is 295 g/mol. The highest BCUT2D eigenvalue weighted by molar-refractivity contribution is 7.15. The lowest BCUT2D eigenvalue weighted by Crippen LogP contribution is -2.38. The normalized spacial score (nSPS) is 21.8. The third-order valence-corrected chi connectivity index (χ3v) is 5.83. The van der Waals surface area contributed by atoms with E-state index in [0.717, 1.165) is 34.7 Å². The maximum atomic E-state index is 9.28. The van der Waals surface area contributed by atoms with E-state index in [1.807, 2.05) is 6.92 Å². The average Bonchev–Trinajstić information content (AvgIpc) is 3.09. The minimum absolute atomic E-state index is 0.120. The molecule has 2 aliphatic heterocycles. The molecule has 5 heteroatoms. The van der Waals surface area contributed by atoms with E-state index < -0.39 is 0 Å². The molecule has 0 saturated carbocycles. The van der Waals surface area contributed by atoms with Crippen molar-refractivity contribution in [2.75, 3.05) is 37.6 Å². The van der Waals surface area contributed by atoms with Crippen LogP contribution in [0.25, 0.3) is 0 Å². The van der Waals surface area contributed by atoms with Crippen molar-refractivity contribution in [3.05, 3.63) is 10.6 Å². The maximum absolute atomic E-state index is 9.28. The van der Waals surface area contributed by atoms with Crippen LogP contribution in [-0.2, 0) is 6.61 Å². The molecule has 2 aliphatic rings. The summed E-state index contributed by atoms with van der Waals surface area (Å²) in [5.41, 5.74) is 0.992. The summed E-state index contributed by atoms with van der Waals surface area (Å²) in [5.74, 6) is 0.864. The minimum atomic E-state index is 0.120. The summed E-state index contributed by atoms with van der Waals surface area (Å²) in [7, 11) is 0. The van der Waals surface area contributed by atoms with Crippen LogP contribution in [0.1, 0.15) is 36.3 Å². The molecule has 0 unspecified atom stereocenters. The fourth-order valence-corrected chi connectivity index (χ4v) is 4.30. The van der Waals surface area contributed by atoms with E-state index in [0.29, 0.717) is 0 Å². The second kappa shape index (κ2) is 6.41. The molecule has 2 fully saturated rings. The van der Waals surface area contributed by atoms with Gasteiger partial charge in [0.05, 0.1) is 17.2 Å².